The number of amides is 1. The third-order valence-corrected chi connectivity index (χ3v) is 8.70. The Morgan fingerprint density at radius 3 is 2.09 bits per heavy atom. The van der Waals surface area contributed by atoms with Crippen LogP contribution in [0.15, 0.2) is 103 Å². The first kappa shape index (κ1) is 35.1. The molecule has 1 fully saturated rings. The van der Waals surface area contributed by atoms with Gasteiger partial charge in [-0.1, -0.05) is 66.7 Å². The molecule has 0 aliphatic carbocycles. The minimum absolute atomic E-state index is 0.0731. The average molecular weight is 636 g/mol. The number of nitrogens with zero attached hydrogens (tertiary/aromatic N) is 3. The maximum Gasteiger partial charge on any atom is 0.335 e. The zero-order valence-electron chi connectivity index (χ0n) is 27.6. The van der Waals surface area contributed by atoms with Gasteiger partial charge < -0.3 is 15.1 Å². The molecule has 47 heavy (non-hydrogen) atoms. The van der Waals surface area contributed by atoms with Gasteiger partial charge in [-0.15, -0.1) is 0 Å². The highest BCUT2D eigenvalue weighted by molar-refractivity contribution is 5.94. The van der Waals surface area contributed by atoms with Gasteiger partial charge in [0.2, 0.25) is 0 Å². The van der Waals surface area contributed by atoms with Gasteiger partial charge in [-0.2, -0.15) is 0 Å². The minimum Gasteiger partial charge on any atom is -0.508 e. The number of rotatable bonds is 10. The Morgan fingerprint density at radius 2 is 1.45 bits per heavy atom. The fraction of sp³-hybridized carbons (Fsp3) is 0.308. The first-order valence-electron chi connectivity index (χ1n) is 16.2. The number of hydrogen-bond acceptors (Lipinski definition) is 6. The molecule has 0 unspecified atom stereocenters. The molecule has 1 amide bonds. The molecule has 3 atom stereocenters. The normalized spacial score (nSPS) is 17.2. The quantitative estimate of drug-likeness (QED) is 0.186. The van der Waals surface area contributed by atoms with Gasteiger partial charge in [0.05, 0.1) is 11.6 Å². The zero-order chi connectivity index (χ0) is 33.9. The topological polar surface area (TPSA) is 101 Å². The molecule has 1 aliphatic rings. The van der Waals surface area contributed by atoms with Crippen LogP contribution in [0.1, 0.15) is 81.5 Å². The molecule has 1 heterocycles. The number of piperazine rings is 1. The maximum absolute atomic E-state index is 13.1. The van der Waals surface area contributed by atoms with E-state index in [1.165, 1.54) is 29.3 Å². The van der Waals surface area contributed by atoms with E-state index in [0.717, 1.165) is 30.8 Å². The molecule has 1 aliphatic heterocycles. The van der Waals surface area contributed by atoms with Crippen molar-refractivity contribution in [2.45, 2.75) is 52.4 Å². The summed E-state index contributed by atoms with van der Waals surface area (Å²) in [7, 11) is 0. The summed E-state index contributed by atoms with van der Waals surface area (Å²) in [5.74, 6) is -0.625. The Balaban J connectivity index is 0.000000385. The summed E-state index contributed by atoms with van der Waals surface area (Å²) in [5, 5.41) is 18.1. The number of benzene rings is 4. The summed E-state index contributed by atoms with van der Waals surface area (Å²) in [6.07, 6.45) is 0.617. The number of hydrogen-bond donors (Lipinski definition) is 2. The molecule has 4 aromatic carbocycles. The molecule has 0 bridgehead atoms. The van der Waals surface area contributed by atoms with Crippen LogP contribution < -0.4 is 0 Å². The molecule has 8 nitrogen and oxygen atoms in total. The number of phenolic OH excluding ortho intramolecular Hbond substituents is 1. The highest BCUT2D eigenvalue weighted by Crippen LogP contribution is 2.34. The van der Waals surface area contributed by atoms with Crippen molar-refractivity contribution in [3.63, 3.8) is 0 Å². The van der Waals surface area contributed by atoms with Crippen molar-refractivity contribution in [2.75, 3.05) is 26.2 Å². The average Bonchev–Trinajstić information content (AvgIpc) is 3.09. The number of aromatic hydroxyl groups is 1. The Morgan fingerprint density at radius 1 is 0.809 bits per heavy atom. The van der Waals surface area contributed by atoms with Crippen molar-refractivity contribution in [3.05, 3.63) is 137 Å². The first-order chi connectivity index (χ1) is 22.6. The van der Waals surface area contributed by atoms with Gasteiger partial charge in [-0.3, -0.25) is 19.4 Å². The summed E-state index contributed by atoms with van der Waals surface area (Å²) in [6.45, 7) is 12.8. The van der Waals surface area contributed by atoms with Gasteiger partial charge in [0, 0.05) is 55.9 Å². The SMILES string of the molecule is CCN(CC)C(=O)c1cccc([C@H](c2ccccc2)N2C[C@@H](C)N(Cc3ccc(O)cc3)C[C@@H]2C)c1.O=Cc1cccc(C(=O)O)c1. The molecular weight excluding hydrogens is 590 g/mol. The number of carbonyl (C=O) groups excluding carboxylic acids is 2. The van der Waals surface area contributed by atoms with E-state index in [1.807, 2.05) is 43.0 Å². The smallest absolute Gasteiger partial charge is 0.335 e. The van der Waals surface area contributed by atoms with E-state index in [0.29, 0.717) is 42.8 Å². The van der Waals surface area contributed by atoms with Gasteiger partial charge in [0.25, 0.3) is 5.91 Å². The molecule has 5 rings (SSSR count). The summed E-state index contributed by atoms with van der Waals surface area (Å²) in [6, 6.07) is 33.0. The van der Waals surface area contributed by atoms with Crippen molar-refractivity contribution in [1.29, 1.82) is 0 Å². The van der Waals surface area contributed by atoms with E-state index in [-0.39, 0.29) is 17.5 Å². The van der Waals surface area contributed by atoms with E-state index in [1.54, 1.807) is 18.2 Å². The monoisotopic (exact) mass is 635 g/mol. The number of phenols is 1. The number of carboxylic acid groups (broad SMARTS) is 1. The lowest BCUT2D eigenvalue weighted by molar-refractivity contribution is 0.0195. The lowest BCUT2D eigenvalue weighted by Crippen LogP contribution is -2.56. The molecule has 2 N–H and O–H groups in total. The number of aldehydes is 1. The van der Waals surface area contributed by atoms with Crippen molar-refractivity contribution < 1.29 is 24.6 Å². The lowest BCUT2D eigenvalue weighted by atomic mass is 9.92. The molecule has 8 heteroatoms. The zero-order valence-corrected chi connectivity index (χ0v) is 27.6. The summed E-state index contributed by atoms with van der Waals surface area (Å²) >= 11 is 0. The van der Waals surface area contributed by atoms with E-state index < -0.39 is 5.97 Å². The second kappa shape index (κ2) is 16.7. The van der Waals surface area contributed by atoms with E-state index in [9.17, 15) is 19.5 Å². The van der Waals surface area contributed by atoms with Gasteiger partial charge in [0.1, 0.15) is 12.0 Å². The van der Waals surface area contributed by atoms with Crippen LogP contribution in [0.4, 0.5) is 0 Å². The lowest BCUT2D eigenvalue weighted by Gasteiger charge is -2.47. The first-order valence-corrected chi connectivity index (χ1v) is 16.2. The second-order valence-electron chi connectivity index (χ2n) is 12.0. The van der Waals surface area contributed by atoms with E-state index in [4.69, 9.17) is 5.11 Å². The second-order valence-corrected chi connectivity index (χ2v) is 12.0. The molecule has 0 saturated carbocycles. The summed E-state index contributed by atoms with van der Waals surface area (Å²) in [5.41, 5.74) is 4.88. The molecule has 1 saturated heterocycles. The van der Waals surface area contributed by atoms with Crippen LogP contribution in [0, 0.1) is 0 Å². The molecular formula is C39H45N3O5. The van der Waals surface area contributed by atoms with Crippen LogP contribution in [0.3, 0.4) is 0 Å². The summed E-state index contributed by atoms with van der Waals surface area (Å²) < 4.78 is 0. The molecule has 246 valence electrons. The van der Waals surface area contributed by atoms with E-state index in [2.05, 4.69) is 66.1 Å². The molecule has 0 radical (unpaired) electrons. The van der Waals surface area contributed by atoms with Gasteiger partial charge in [-0.25, -0.2) is 4.79 Å². The van der Waals surface area contributed by atoms with Crippen LogP contribution in [0.5, 0.6) is 5.75 Å². The van der Waals surface area contributed by atoms with Gasteiger partial charge in [0.15, 0.2) is 0 Å². The Bertz CT molecular complexity index is 1620. The predicted molar refractivity (Wildman–Crippen MR) is 185 cm³/mol. The molecule has 0 spiro atoms. The largest absolute Gasteiger partial charge is 0.508 e. The highest BCUT2D eigenvalue weighted by Gasteiger charge is 2.35. The number of aromatic carboxylic acids is 1. The number of carboxylic acids is 1. The van der Waals surface area contributed by atoms with Crippen molar-refractivity contribution in [3.8, 4) is 5.75 Å². The fourth-order valence-electron chi connectivity index (χ4n) is 6.13. The standard InChI is InChI=1S/C31H39N3O2.C8H6O3/c1-5-32(6-2)31(36)28-14-10-13-27(19-28)30(26-11-8-7-9-12-26)34-21-23(3)33(20-24(34)4)22-25-15-17-29(35)18-16-25;9-5-6-2-1-3-7(4-6)8(10)11/h7-19,23-24,30,35H,5-6,20-22H2,1-4H3;1-5H,(H,10,11)/t23-,24+,30+;/m1./s1. The Kier molecular flexibility index (Phi) is 12.4. The third-order valence-electron chi connectivity index (χ3n) is 8.70. The predicted octanol–water partition coefficient (Wildman–Crippen LogP) is 6.76. The van der Waals surface area contributed by atoms with Gasteiger partial charge in [-0.05, 0) is 80.8 Å². The third kappa shape index (κ3) is 9.15. The van der Waals surface area contributed by atoms with Crippen molar-refractivity contribution in [2.24, 2.45) is 0 Å². The fourth-order valence-corrected chi connectivity index (χ4v) is 6.13. The van der Waals surface area contributed by atoms with Crippen LogP contribution >= 0.6 is 0 Å². The van der Waals surface area contributed by atoms with Crippen LogP contribution in [0.2, 0.25) is 0 Å². The molecule has 0 aromatic heterocycles. The van der Waals surface area contributed by atoms with Crippen LogP contribution in [0.25, 0.3) is 0 Å². The highest BCUT2D eigenvalue weighted by atomic mass is 16.4. The Labute approximate surface area is 277 Å². The van der Waals surface area contributed by atoms with E-state index >= 15 is 0 Å². The minimum atomic E-state index is -1.02. The maximum atomic E-state index is 13.1. The number of carbonyl (C=O) groups is 3. The van der Waals surface area contributed by atoms with Crippen LogP contribution in [-0.2, 0) is 6.54 Å². The van der Waals surface area contributed by atoms with Crippen molar-refractivity contribution in [1.82, 2.24) is 14.7 Å². The van der Waals surface area contributed by atoms with Crippen LogP contribution in [-0.4, -0.2) is 81.3 Å². The Hall–Kier alpha value is -4.79. The van der Waals surface area contributed by atoms with Gasteiger partial charge >= 0.3 is 5.97 Å². The summed E-state index contributed by atoms with van der Waals surface area (Å²) in [4.78, 5) is 40.7. The van der Waals surface area contributed by atoms with Crippen molar-refractivity contribution >= 4 is 18.2 Å². The molecule has 4 aromatic rings.